The number of nitrogens with zero attached hydrogens (tertiary/aromatic N) is 8. The third-order valence-electron chi connectivity index (χ3n) is 6.30. The first-order valence-electron chi connectivity index (χ1n) is 10.2. The fourth-order valence-corrected chi connectivity index (χ4v) is 4.43. The summed E-state index contributed by atoms with van der Waals surface area (Å²) >= 11 is 0. The van der Waals surface area contributed by atoms with E-state index in [-0.39, 0.29) is 5.91 Å². The van der Waals surface area contributed by atoms with Gasteiger partial charge in [0.1, 0.15) is 5.69 Å². The highest BCUT2D eigenvalue weighted by molar-refractivity contribution is 5.95. The molecular formula is C21H24N8O. The van der Waals surface area contributed by atoms with E-state index in [4.69, 9.17) is 9.97 Å². The molecule has 9 heteroatoms. The number of amides is 1. The molecule has 0 bridgehead atoms. The van der Waals surface area contributed by atoms with Gasteiger partial charge >= 0.3 is 0 Å². The summed E-state index contributed by atoms with van der Waals surface area (Å²) in [6.45, 7) is 9.28. The third kappa shape index (κ3) is 3.10. The van der Waals surface area contributed by atoms with E-state index >= 15 is 0 Å². The Bertz CT molecular complexity index is 1060. The molecule has 0 N–H and O–H groups in total. The molecule has 154 valence electrons. The van der Waals surface area contributed by atoms with Gasteiger partial charge in [-0.05, 0) is 38.5 Å². The van der Waals surface area contributed by atoms with Gasteiger partial charge in [0.2, 0.25) is 5.95 Å². The molecule has 0 saturated carbocycles. The second-order valence-electron chi connectivity index (χ2n) is 8.14. The van der Waals surface area contributed by atoms with Gasteiger partial charge in [0, 0.05) is 55.6 Å². The number of likely N-dealkylation sites (tertiary alicyclic amines) is 1. The van der Waals surface area contributed by atoms with Crippen molar-refractivity contribution in [1.29, 1.82) is 0 Å². The second-order valence-corrected chi connectivity index (χ2v) is 8.14. The molecule has 2 saturated heterocycles. The number of aromatic nitrogens is 6. The van der Waals surface area contributed by atoms with Gasteiger partial charge < -0.3 is 9.80 Å². The molecule has 30 heavy (non-hydrogen) atoms. The van der Waals surface area contributed by atoms with Gasteiger partial charge in [-0.3, -0.25) is 4.79 Å². The maximum Gasteiger partial charge on any atom is 0.274 e. The summed E-state index contributed by atoms with van der Waals surface area (Å²) in [5, 5.41) is 8.30. The van der Waals surface area contributed by atoms with Gasteiger partial charge in [0.15, 0.2) is 5.69 Å². The fraction of sp³-hybridized carbons (Fsp3) is 0.429. The van der Waals surface area contributed by atoms with Crippen molar-refractivity contribution >= 4 is 11.9 Å². The molecule has 0 aromatic carbocycles. The molecule has 2 fully saturated rings. The molecule has 3 aromatic heterocycles. The van der Waals surface area contributed by atoms with Gasteiger partial charge in [-0.15, -0.1) is 4.80 Å². The Kier molecular flexibility index (Phi) is 4.45. The Hall–Kier alpha value is -3.36. The van der Waals surface area contributed by atoms with E-state index in [2.05, 4.69) is 27.0 Å². The van der Waals surface area contributed by atoms with Crippen molar-refractivity contribution in [2.45, 2.75) is 20.8 Å². The maximum atomic E-state index is 13.2. The standard InChI is InChI=1S/C21H24N8O/c1-13-14(2)25-21(26-15(13)3)28-11-16-9-27(10-17(16)12-28)20(30)19-18(5-4-6-22-19)29-23-7-8-24-29/h4-8,16-17H,9-12H2,1-3H3. The molecule has 2 atom stereocenters. The van der Waals surface area contributed by atoms with Crippen molar-refractivity contribution in [3.8, 4) is 5.69 Å². The van der Waals surface area contributed by atoms with Crippen LogP contribution in [0.15, 0.2) is 30.7 Å². The summed E-state index contributed by atoms with van der Waals surface area (Å²) in [4.78, 5) is 32.6. The quantitative estimate of drug-likeness (QED) is 0.654. The molecule has 5 heterocycles. The van der Waals surface area contributed by atoms with E-state index in [0.717, 1.165) is 36.0 Å². The lowest BCUT2D eigenvalue weighted by atomic mass is 10.0. The first kappa shape index (κ1) is 18.7. The van der Waals surface area contributed by atoms with Crippen LogP contribution in [-0.4, -0.2) is 66.9 Å². The number of fused-ring (bicyclic) bond motifs is 1. The fourth-order valence-electron chi connectivity index (χ4n) is 4.43. The first-order valence-corrected chi connectivity index (χ1v) is 10.2. The van der Waals surface area contributed by atoms with E-state index in [0.29, 0.717) is 36.3 Å². The summed E-state index contributed by atoms with van der Waals surface area (Å²) in [6.07, 6.45) is 4.82. The van der Waals surface area contributed by atoms with Crippen LogP contribution < -0.4 is 4.90 Å². The normalized spacial score (nSPS) is 20.6. The Labute approximate surface area is 174 Å². The number of carbonyl (C=O) groups is 1. The molecule has 2 aliphatic heterocycles. The molecule has 0 spiro atoms. The first-order chi connectivity index (χ1) is 14.5. The number of rotatable bonds is 3. The van der Waals surface area contributed by atoms with Gasteiger partial charge in [-0.1, -0.05) is 0 Å². The van der Waals surface area contributed by atoms with Gasteiger partial charge in [-0.2, -0.15) is 10.2 Å². The summed E-state index contributed by atoms with van der Waals surface area (Å²) in [5.74, 6) is 1.56. The zero-order valence-corrected chi connectivity index (χ0v) is 17.4. The Morgan fingerprint density at radius 3 is 2.20 bits per heavy atom. The molecule has 9 nitrogen and oxygen atoms in total. The molecule has 2 aliphatic rings. The number of aryl methyl sites for hydroxylation is 2. The summed E-state index contributed by atoms with van der Waals surface area (Å²) < 4.78 is 0. The van der Waals surface area contributed by atoms with E-state index in [1.807, 2.05) is 24.8 Å². The van der Waals surface area contributed by atoms with Crippen LogP contribution in [0.2, 0.25) is 0 Å². The lowest BCUT2D eigenvalue weighted by molar-refractivity contribution is 0.0776. The van der Waals surface area contributed by atoms with Crippen LogP contribution in [0.3, 0.4) is 0 Å². The van der Waals surface area contributed by atoms with Crippen molar-refractivity contribution in [2.75, 3.05) is 31.1 Å². The van der Waals surface area contributed by atoms with Gasteiger partial charge in [0.25, 0.3) is 5.91 Å². The lowest BCUT2D eigenvalue weighted by Gasteiger charge is -2.23. The number of hydrogen-bond donors (Lipinski definition) is 0. The van der Waals surface area contributed by atoms with Crippen LogP contribution in [-0.2, 0) is 0 Å². The molecular weight excluding hydrogens is 380 g/mol. The number of pyridine rings is 1. The second kappa shape index (κ2) is 7.16. The zero-order chi connectivity index (χ0) is 20.8. The van der Waals surface area contributed by atoms with Gasteiger partial charge in [-0.25, -0.2) is 15.0 Å². The molecule has 1 amide bonds. The third-order valence-corrected chi connectivity index (χ3v) is 6.30. The van der Waals surface area contributed by atoms with Crippen molar-refractivity contribution < 1.29 is 4.79 Å². The Morgan fingerprint density at radius 2 is 1.57 bits per heavy atom. The van der Waals surface area contributed by atoms with E-state index in [1.54, 1.807) is 24.7 Å². The maximum absolute atomic E-state index is 13.2. The highest BCUT2D eigenvalue weighted by Gasteiger charge is 2.43. The minimum atomic E-state index is -0.0675. The van der Waals surface area contributed by atoms with Crippen molar-refractivity contribution in [3.05, 3.63) is 53.4 Å². The number of hydrogen-bond acceptors (Lipinski definition) is 7. The van der Waals surface area contributed by atoms with E-state index in [9.17, 15) is 4.79 Å². The topological polar surface area (TPSA) is 92.9 Å². The Morgan fingerprint density at radius 1 is 0.933 bits per heavy atom. The SMILES string of the molecule is Cc1nc(N2CC3CN(C(=O)c4ncccc4-n4nccn4)CC3C2)nc(C)c1C. The monoisotopic (exact) mass is 404 g/mol. The Balaban J connectivity index is 1.32. The van der Waals surface area contributed by atoms with E-state index in [1.165, 1.54) is 4.80 Å². The predicted octanol–water partition coefficient (Wildman–Crippen LogP) is 1.59. The van der Waals surface area contributed by atoms with Crippen molar-refractivity contribution in [2.24, 2.45) is 11.8 Å². The highest BCUT2D eigenvalue weighted by Crippen LogP contribution is 2.34. The molecule has 0 aliphatic carbocycles. The van der Waals surface area contributed by atoms with Gasteiger partial charge in [0.05, 0.1) is 12.4 Å². The summed E-state index contributed by atoms with van der Waals surface area (Å²) in [7, 11) is 0. The number of anilines is 1. The minimum Gasteiger partial charge on any atom is -0.340 e. The van der Waals surface area contributed by atoms with Crippen LogP contribution >= 0.6 is 0 Å². The minimum absolute atomic E-state index is 0.0675. The van der Waals surface area contributed by atoms with Crippen LogP contribution in [0.1, 0.15) is 27.4 Å². The lowest BCUT2D eigenvalue weighted by Crippen LogP contribution is -2.35. The van der Waals surface area contributed by atoms with E-state index < -0.39 is 0 Å². The average Bonchev–Trinajstić information content (AvgIpc) is 3.47. The average molecular weight is 404 g/mol. The zero-order valence-electron chi connectivity index (χ0n) is 17.4. The highest BCUT2D eigenvalue weighted by atomic mass is 16.2. The van der Waals surface area contributed by atoms with Crippen LogP contribution in [0.4, 0.5) is 5.95 Å². The summed E-state index contributed by atoms with van der Waals surface area (Å²) in [6, 6.07) is 3.61. The molecule has 2 unspecified atom stereocenters. The van der Waals surface area contributed by atoms with Crippen LogP contribution in [0, 0.1) is 32.6 Å². The van der Waals surface area contributed by atoms with Crippen LogP contribution in [0.5, 0.6) is 0 Å². The van der Waals surface area contributed by atoms with Crippen LogP contribution in [0.25, 0.3) is 5.69 Å². The predicted molar refractivity (Wildman–Crippen MR) is 110 cm³/mol. The largest absolute Gasteiger partial charge is 0.340 e. The summed E-state index contributed by atoms with van der Waals surface area (Å²) in [5.41, 5.74) is 4.19. The smallest absolute Gasteiger partial charge is 0.274 e. The van der Waals surface area contributed by atoms with Crippen molar-refractivity contribution in [1.82, 2.24) is 34.8 Å². The number of carbonyl (C=O) groups excluding carboxylic acids is 1. The molecule has 3 aromatic rings. The molecule has 0 radical (unpaired) electrons. The van der Waals surface area contributed by atoms with Crippen molar-refractivity contribution in [3.63, 3.8) is 0 Å². The molecule has 5 rings (SSSR count).